The summed E-state index contributed by atoms with van der Waals surface area (Å²) in [5.74, 6) is -0.699. The van der Waals surface area contributed by atoms with E-state index < -0.39 is 28.5 Å². The van der Waals surface area contributed by atoms with Crippen LogP contribution in [0.1, 0.15) is 48.8 Å². The van der Waals surface area contributed by atoms with Gasteiger partial charge < -0.3 is 10.2 Å². The second-order valence-electron chi connectivity index (χ2n) is 11.9. The van der Waals surface area contributed by atoms with Gasteiger partial charge in [-0.05, 0) is 61.2 Å². The SMILES string of the molecule is Cc1ccc(S(=O)(=O)N(CC(=O)N(Cc2ccccc2)[C@H](Cc2ccccc2)C(=O)NC2CCCCC2)c2cccc(Br)c2)cc1. The number of halogens is 1. The Morgan fingerprint density at radius 1 is 0.826 bits per heavy atom. The fourth-order valence-electron chi connectivity index (χ4n) is 5.88. The lowest BCUT2D eigenvalue weighted by Crippen LogP contribution is -2.55. The quantitative estimate of drug-likeness (QED) is 0.172. The molecule has 1 saturated carbocycles. The largest absolute Gasteiger partial charge is 0.352 e. The minimum atomic E-state index is -4.15. The molecule has 4 aromatic carbocycles. The van der Waals surface area contributed by atoms with E-state index in [2.05, 4.69) is 21.2 Å². The Balaban J connectivity index is 1.55. The fraction of sp³-hybridized carbons (Fsp3) is 0.297. The van der Waals surface area contributed by atoms with Crippen molar-refractivity contribution >= 4 is 43.5 Å². The summed E-state index contributed by atoms with van der Waals surface area (Å²) in [5, 5.41) is 3.24. The Hall–Kier alpha value is -3.95. The zero-order valence-electron chi connectivity index (χ0n) is 26.0. The van der Waals surface area contributed by atoms with Gasteiger partial charge in [0, 0.05) is 23.5 Å². The highest BCUT2D eigenvalue weighted by molar-refractivity contribution is 9.10. The van der Waals surface area contributed by atoms with E-state index in [0.717, 1.165) is 53.1 Å². The smallest absolute Gasteiger partial charge is 0.264 e. The zero-order chi connectivity index (χ0) is 32.5. The second kappa shape index (κ2) is 15.6. The first-order valence-electron chi connectivity index (χ1n) is 15.7. The molecule has 1 aliphatic rings. The van der Waals surface area contributed by atoms with E-state index in [1.807, 2.05) is 67.6 Å². The van der Waals surface area contributed by atoms with Gasteiger partial charge in [0.2, 0.25) is 11.8 Å². The van der Waals surface area contributed by atoms with Crippen molar-refractivity contribution in [2.45, 2.75) is 69.0 Å². The number of hydrogen-bond donors (Lipinski definition) is 1. The summed E-state index contributed by atoms with van der Waals surface area (Å²) in [7, 11) is -4.15. The molecule has 9 heteroatoms. The van der Waals surface area contributed by atoms with Crippen LogP contribution in [0.5, 0.6) is 0 Å². The molecule has 5 rings (SSSR count). The van der Waals surface area contributed by atoms with Crippen molar-refractivity contribution in [2.75, 3.05) is 10.8 Å². The van der Waals surface area contributed by atoms with Gasteiger partial charge in [-0.3, -0.25) is 13.9 Å². The topological polar surface area (TPSA) is 86.8 Å². The summed E-state index contributed by atoms with van der Waals surface area (Å²) >= 11 is 3.46. The molecule has 1 aliphatic carbocycles. The van der Waals surface area contributed by atoms with Gasteiger partial charge >= 0.3 is 0 Å². The number of carbonyl (C=O) groups is 2. The molecular formula is C37H40BrN3O4S. The molecule has 2 amide bonds. The summed E-state index contributed by atoms with van der Waals surface area (Å²) in [4.78, 5) is 30.4. The molecular weight excluding hydrogens is 662 g/mol. The van der Waals surface area contributed by atoms with E-state index in [1.54, 1.807) is 53.4 Å². The number of amides is 2. The molecule has 1 fully saturated rings. The van der Waals surface area contributed by atoms with Crippen molar-refractivity contribution < 1.29 is 18.0 Å². The molecule has 0 aliphatic heterocycles. The maximum Gasteiger partial charge on any atom is 0.264 e. The molecule has 240 valence electrons. The Bertz CT molecular complexity index is 1710. The summed E-state index contributed by atoms with van der Waals surface area (Å²) in [6, 6.07) is 31.8. The third-order valence-corrected chi connectivity index (χ3v) is 10.7. The first-order chi connectivity index (χ1) is 22.2. The number of nitrogens with one attached hydrogen (secondary N) is 1. The molecule has 0 bridgehead atoms. The number of sulfonamides is 1. The van der Waals surface area contributed by atoms with E-state index in [4.69, 9.17) is 0 Å². The summed E-state index contributed by atoms with van der Waals surface area (Å²) < 4.78 is 30.2. The highest BCUT2D eigenvalue weighted by Gasteiger charge is 2.35. The van der Waals surface area contributed by atoms with Crippen molar-refractivity contribution in [3.05, 3.63) is 130 Å². The summed E-state index contributed by atoms with van der Waals surface area (Å²) in [6.07, 6.45) is 5.36. The highest BCUT2D eigenvalue weighted by Crippen LogP contribution is 2.28. The minimum absolute atomic E-state index is 0.0493. The van der Waals surface area contributed by atoms with Crippen molar-refractivity contribution in [2.24, 2.45) is 0 Å². The molecule has 0 saturated heterocycles. The number of benzene rings is 4. The van der Waals surface area contributed by atoms with E-state index in [-0.39, 0.29) is 23.4 Å². The van der Waals surface area contributed by atoms with Crippen LogP contribution in [0.3, 0.4) is 0 Å². The van der Waals surface area contributed by atoms with Gasteiger partial charge in [-0.15, -0.1) is 0 Å². The highest BCUT2D eigenvalue weighted by atomic mass is 79.9. The second-order valence-corrected chi connectivity index (χ2v) is 14.6. The lowest BCUT2D eigenvalue weighted by Gasteiger charge is -2.35. The first kappa shape index (κ1) is 33.4. The first-order valence-corrected chi connectivity index (χ1v) is 18.0. The number of carbonyl (C=O) groups excluding carboxylic acids is 2. The van der Waals surface area contributed by atoms with Gasteiger partial charge in [0.05, 0.1) is 10.6 Å². The number of hydrogen-bond acceptors (Lipinski definition) is 4. The Labute approximate surface area is 280 Å². The van der Waals surface area contributed by atoms with Crippen LogP contribution in [0.4, 0.5) is 5.69 Å². The lowest BCUT2D eigenvalue weighted by atomic mass is 9.94. The molecule has 1 N–H and O–H groups in total. The fourth-order valence-corrected chi connectivity index (χ4v) is 7.67. The van der Waals surface area contributed by atoms with Gasteiger partial charge in [0.25, 0.3) is 10.0 Å². The number of rotatable bonds is 12. The normalized spacial score (nSPS) is 14.3. The van der Waals surface area contributed by atoms with Crippen molar-refractivity contribution in [1.82, 2.24) is 10.2 Å². The summed E-state index contributed by atoms with van der Waals surface area (Å²) in [6.45, 7) is 1.55. The monoisotopic (exact) mass is 701 g/mol. The van der Waals surface area contributed by atoms with Crippen LogP contribution < -0.4 is 9.62 Å². The third-order valence-electron chi connectivity index (χ3n) is 8.40. The van der Waals surface area contributed by atoms with Gasteiger partial charge in [-0.25, -0.2) is 8.42 Å². The van der Waals surface area contributed by atoms with Gasteiger partial charge in [0.1, 0.15) is 12.6 Å². The van der Waals surface area contributed by atoms with Crippen LogP contribution in [0.15, 0.2) is 119 Å². The van der Waals surface area contributed by atoms with E-state index >= 15 is 0 Å². The van der Waals surface area contributed by atoms with Crippen LogP contribution in [-0.4, -0.2) is 43.8 Å². The predicted molar refractivity (Wildman–Crippen MR) is 186 cm³/mol. The molecule has 4 aromatic rings. The Morgan fingerprint density at radius 2 is 1.46 bits per heavy atom. The predicted octanol–water partition coefficient (Wildman–Crippen LogP) is 7.04. The summed E-state index contributed by atoms with van der Waals surface area (Å²) in [5.41, 5.74) is 3.02. The minimum Gasteiger partial charge on any atom is -0.352 e. The number of nitrogens with zero attached hydrogens (tertiary/aromatic N) is 2. The van der Waals surface area contributed by atoms with Crippen molar-refractivity contribution in [3.8, 4) is 0 Å². The molecule has 0 spiro atoms. The zero-order valence-corrected chi connectivity index (χ0v) is 28.4. The molecule has 46 heavy (non-hydrogen) atoms. The number of anilines is 1. The Kier molecular flexibility index (Phi) is 11.3. The third kappa shape index (κ3) is 8.65. The van der Waals surface area contributed by atoms with Crippen molar-refractivity contribution in [3.63, 3.8) is 0 Å². The maximum absolute atomic E-state index is 14.6. The van der Waals surface area contributed by atoms with Crippen LogP contribution in [0.25, 0.3) is 0 Å². The van der Waals surface area contributed by atoms with E-state index in [0.29, 0.717) is 16.6 Å². The van der Waals surface area contributed by atoms with E-state index in [9.17, 15) is 18.0 Å². The standard InChI is InChI=1S/C37H40BrN3O4S/c1-28-20-22-34(23-21-28)46(44,45)41(33-19-11-16-31(38)25-33)27-36(42)40(26-30-14-7-3-8-15-30)35(24-29-12-5-2-6-13-29)37(43)39-32-17-9-4-10-18-32/h2-3,5-8,11-16,19-23,25,32,35H,4,9-10,17-18,24,26-27H2,1H3,(H,39,43)/t35-/m1/s1. The molecule has 0 aromatic heterocycles. The molecule has 7 nitrogen and oxygen atoms in total. The van der Waals surface area contributed by atoms with Crippen LogP contribution in [0, 0.1) is 6.92 Å². The maximum atomic E-state index is 14.6. The average molecular weight is 703 g/mol. The molecule has 0 radical (unpaired) electrons. The van der Waals surface area contributed by atoms with Crippen molar-refractivity contribution in [1.29, 1.82) is 0 Å². The average Bonchev–Trinajstić information content (AvgIpc) is 3.06. The molecule has 0 heterocycles. The van der Waals surface area contributed by atoms with Gasteiger partial charge in [-0.1, -0.05) is 120 Å². The van der Waals surface area contributed by atoms with Crippen LogP contribution in [0.2, 0.25) is 0 Å². The molecule has 1 atom stereocenters. The van der Waals surface area contributed by atoms with Gasteiger partial charge in [-0.2, -0.15) is 0 Å². The number of aryl methyl sites for hydroxylation is 1. The lowest BCUT2D eigenvalue weighted by molar-refractivity contribution is -0.140. The molecule has 0 unspecified atom stereocenters. The van der Waals surface area contributed by atoms with Crippen LogP contribution in [-0.2, 0) is 32.6 Å². The van der Waals surface area contributed by atoms with Crippen LogP contribution >= 0.6 is 15.9 Å². The Morgan fingerprint density at radius 3 is 2.09 bits per heavy atom. The van der Waals surface area contributed by atoms with Gasteiger partial charge in [0.15, 0.2) is 0 Å². The van der Waals surface area contributed by atoms with E-state index in [1.165, 1.54) is 0 Å².